The normalized spacial score (nSPS) is 11.5. The van der Waals surface area contributed by atoms with Gasteiger partial charge in [0, 0.05) is 19.0 Å². The maximum Gasteiger partial charge on any atom is 0.325 e. The van der Waals surface area contributed by atoms with E-state index in [1.165, 1.54) is 6.08 Å². The molecule has 0 aliphatic carbocycles. The monoisotopic (exact) mass is 459 g/mol. The number of nitrogens with one attached hydrogen (secondary N) is 2. The van der Waals surface area contributed by atoms with E-state index in [1.54, 1.807) is 13.0 Å². The van der Waals surface area contributed by atoms with Gasteiger partial charge >= 0.3 is 5.97 Å². The van der Waals surface area contributed by atoms with Crippen LogP contribution in [0.2, 0.25) is 0 Å². The topological polar surface area (TPSA) is 122 Å². The summed E-state index contributed by atoms with van der Waals surface area (Å²) >= 11 is 0. The van der Waals surface area contributed by atoms with Gasteiger partial charge in [-0.3, -0.25) is 28.9 Å². The van der Waals surface area contributed by atoms with Crippen LogP contribution in [0.5, 0.6) is 0 Å². The molecule has 2 N–H and O–H groups in total. The maximum atomic E-state index is 11.9. The molecule has 33 heavy (non-hydrogen) atoms. The average molecular weight is 460 g/mol. The zero-order chi connectivity index (χ0) is 24.5. The summed E-state index contributed by atoms with van der Waals surface area (Å²) in [7, 11) is 0. The number of imide groups is 1. The summed E-state index contributed by atoms with van der Waals surface area (Å²) in [6.07, 6.45) is 6.01. The van der Waals surface area contributed by atoms with Gasteiger partial charge in [-0.1, -0.05) is 42.8 Å². The van der Waals surface area contributed by atoms with E-state index < -0.39 is 18.5 Å². The highest BCUT2D eigenvalue weighted by Gasteiger charge is 2.12. The number of benzene rings is 1. The van der Waals surface area contributed by atoms with E-state index >= 15 is 0 Å². The SMILES string of the molecule is C/C=C\C(=O)N(C=O)CCCCCC(=O)NCC(=O)OCC(=O)NC(C)Cc1ccccc1. The first-order valence-electron chi connectivity index (χ1n) is 11.0. The first-order chi connectivity index (χ1) is 15.8. The van der Waals surface area contributed by atoms with E-state index in [0.717, 1.165) is 10.5 Å². The van der Waals surface area contributed by atoms with Crippen molar-refractivity contribution in [2.75, 3.05) is 19.7 Å². The Morgan fingerprint density at radius 2 is 1.79 bits per heavy atom. The Bertz CT molecular complexity index is 810. The Morgan fingerprint density at radius 1 is 1.06 bits per heavy atom. The molecule has 1 aromatic carbocycles. The second-order valence-corrected chi connectivity index (χ2v) is 7.54. The van der Waals surface area contributed by atoms with Crippen LogP contribution in [-0.4, -0.2) is 60.7 Å². The van der Waals surface area contributed by atoms with Crippen LogP contribution in [0.3, 0.4) is 0 Å². The number of nitrogens with zero attached hydrogens (tertiary/aromatic N) is 1. The van der Waals surface area contributed by atoms with Crippen molar-refractivity contribution in [3.8, 4) is 0 Å². The molecular formula is C24H33N3O6. The molecule has 0 saturated heterocycles. The number of rotatable bonds is 15. The minimum absolute atomic E-state index is 0.113. The first-order valence-corrected chi connectivity index (χ1v) is 11.0. The molecule has 0 heterocycles. The van der Waals surface area contributed by atoms with E-state index in [0.29, 0.717) is 32.1 Å². The highest BCUT2D eigenvalue weighted by molar-refractivity contribution is 5.94. The van der Waals surface area contributed by atoms with E-state index in [1.807, 2.05) is 37.3 Å². The third-order valence-electron chi connectivity index (χ3n) is 4.61. The number of amides is 4. The third-order valence-corrected chi connectivity index (χ3v) is 4.61. The summed E-state index contributed by atoms with van der Waals surface area (Å²) in [5.74, 6) is -1.79. The highest BCUT2D eigenvalue weighted by Crippen LogP contribution is 2.03. The molecule has 4 amide bonds. The molecule has 0 spiro atoms. The zero-order valence-electron chi connectivity index (χ0n) is 19.2. The summed E-state index contributed by atoms with van der Waals surface area (Å²) in [6.45, 7) is 3.11. The second-order valence-electron chi connectivity index (χ2n) is 7.54. The van der Waals surface area contributed by atoms with Gasteiger partial charge in [0.05, 0.1) is 0 Å². The van der Waals surface area contributed by atoms with Crippen molar-refractivity contribution in [2.24, 2.45) is 0 Å². The van der Waals surface area contributed by atoms with Crippen molar-refractivity contribution in [1.82, 2.24) is 15.5 Å². The van der Waals surface area contributed by atoms with E-state index in [9.17, 15) is 24.0 Å². The Hall–Kier alpha value is -3.49. The van der Waals surface area contributed by atoms with Crippen molar-refractivity contribution in [3.05, 3.63) is 48.0 Å². The van der Waals surface area contributed by atoms with Gasteiger partial charge in [-0.15, -0.1) is 0 Å². The fourth-order valence-electron chi connectivity index (χ4n) is 2.99. The summed E-state index contributed by atoms with van der Waals surface area (Å²) in [5, 5.41) is 5.21. The molecule has 0 saturated carbocycles. The number of carbonyl (C=O) groups is 5. The quantitative estimate of drug-likeness (QED) is 0.177. The summed E-state index contributed by atoms with van der Waals surface area (Å²) in [6, 6.07) is 9.60. The van der Waals surface area contributed by atoms with Crippen molar-refractivity contribution < 1.29 is 28.7 Å². The van der Waals surface area contributed by atoms with Crippen LogP contribution >= 0.6 is 0 Å². The molecule has 180 valence electrons. The molecule has 9 heteroatoms. The van der Waals surface area contributed by atoms with Crippen molar-refractivity contribution in [3.63, 3.8) is 0 Å². The number of esters is 1. The Balaban J connectivity index is 2.12. The predicted molar refractivity (Wildman–Crippen MR) is 123 cm³/mol. The number of carbonyl (C=O) groups excluding carboxylic acids is 5. The molecule has 1 rings (SSSR count). The summed E-state index contributed by atoms with van der Waals surface area (Å²) < 4.78 is 4.89. The zero-order valence-corrected chi connectivity index (χ0v) is 19.2. The lowest BCUT2D eigenvalue weighted by atomic mass is 10.1. The predicted octanol–water partition coefficient (Wildman–Crippen LogP) is 1.51. The summed E-state index contributed by atoms with van der Waals surface area (Å²) in [5.41, 5.74) is 1.09. The van der Waals surface area contributed by atoms with Crippen molar-refractivity contribution >= 4 is 30.1 Å². The van der Waals surface area contributed by atoms with Gasteiger partial charge in [-0.25, -0.2) is 0 Å². The van der Waals surface area contributed by atoms with Crippen LogP contribution in [0.25, 0.3) is 0 Å². The number of hydrogen-bond donors (Lipinski definition) is 2. The van der Waals surface area contributed by atoms with Crippen LogP contribution in [0.1, 0.15) is 45.1 Å². The number of unbranched alkanes of at least 4 members (excludes halogenated alkanes) is 2. The highest BCUT2D eigenvalue weighted by atomic mass is 16.5. The van der Waals surface area contributed by atoms with E-state index in [-0.39, 0.29) is 37.4 Å². The molecule has 0 radical (unpaired) electrons. The number of hydrogen-bond acceptors (Lipinski definition) is 6. The van der Waals surface area contributed by atoms with Gasteiger partial charge in [0.2, 0.25) is 12.3 Å². The van der Waals surface area contributed by atoms with Gasteiger partial charge in [-0.2, -0.15) is 0 Å². The Labute approximate surface area is 194 Å². The second kappa shape index (κ2) is 16.2. The molecule has 0 fully saturated rings. The summed E-state index contributed by atoms with van der Waals surface area (Å²) in [4.78, 5) is 59.0. The molecule has 9 nitrogen and oxygen atoms in total. The smallest absolute Gasteiger partial charge is 0.325 e. The molecule has 1 unspecified atom stereocenters. The lowest BCUT2D eigenvalue weighted by Crippen LogP contribution is -2.38. The molecule has 0 aliphatic rings. The van der Waals surface area contributed by atoms with Crippen LogP contribution in [0.4, 0.5) is 0 Å². The van der Waals surface area contributed by atoms with Crippen molar-refractivity contribution in [2.45, 2.75) is 52.0 Å². The standard InChI is InChI=1S/C24H33N3O6/c1-3-10-23(31)27(18-28)14-9-5-8-13-21(29)25-16-24(32)33-17-22(30)26-19(2)15-20-11-6-4-7-12-20/h3-4,6-7,10-12,18-19H,5,8-9,13-17H2,1-2H3,(H,25,29)(H,26,30)/b10-3-. The Kier molecular flexibility index (Phi) is 13.5. The van der Waals surface area contributed by atoms with Crippen LogP contribution in [-0.2, 0) is 35.1 Å². The Morgan fingerprint density at radius 3 is 2.45 bits per heavy atom. The lowest BCUT2D eigenvalue weighted by Gasteiger charge is -2.14. The molecule has 0 bridgehead atoms. The first kappa shape index (κ1) is 27.5. The molecular weight excluding hydrogens is 426 g/mol. The maximum absolute atomic E-state index is 11.9. The fourth-order valence-corrected chi connectivity index (χ4v) is 2.99. The number of ether oxygens (including phenoxy) is 1. The molecule has 1 aromatic rings. The van der Waals surface area contributed by atoms with Crippen LogP contribution < -0.4 is 10.6 Å². The van der Waals surface area contributed by atoms with Gasteiger partial charge < -0.3 is 15.4 Å². The minimum atomic E-state index is -0.696. The van der Waals surface area contributed by atoms with Gasteiger partial charge in [0.25, 0.3) is 11.8 Å². The number of allylic oxidation sites excluding steroid dienone is 1. The van der Waals surface area contributed by atoms with E-state index in [2.05, 4.69) is 10.6 Å². The third kappa shape index (κ3) is 12.8. The molecule has 0 aromatic heterocycles. The minimum Gasteiger partial charge on any atom is -0.454 e. The fraction of sp³-hybridized carbons (Fsp3) is 0.458. The van der Waals surface area contributed by atoms with Gasteiger partial charge in [-0.05, 0) is 44.7 Å². The lowest BCUT2D eigenvalue weighted by molar-refractivity contribution is -0.148. The van der Waals surface area contributed by atoms with E-state index in [4.69, 9.17) is 4.74 Å². The molecule has 0 aliphatic heterocycles. The van der Waals surface area contributed by atoms with Crippen LogP contribution in [0.15, 0.2) is 42.5 Å². The van der Waals surface area contributed by atoms with Gasteiger partial charge in [0.15, 0.2) is 6.61 Å². The average Bonchev–Trinajstić information content (AvgIpc) is 2.79. The van der Waals surface area contributed by atoms with Crippen molar-refractivity contribution in [1.29, 1.82) is 0 Å². The van der Waals surface area contributed by atoms with Gasteiger partial charge in [0.1, 0.15) is 6.54 Å². The van der Waals surface area contributed by atoms with Crippen LogP contribution in [0, 0.1) is 0 Å². The molecule has 1 atom stereocenters. The largest absolute Gasteiger partial charge is 0.454 e.